The molecule has 0 atom stereocenters. The van der Waals surface area contributed by atoms with Crippen molar-refractivity contribution in [2.24, 2.45) is 0 Å². The van der Waals surface area contributed by atoms with Crippen LogP contribution in [0.25, 0.3) is 0 Å². The first-order chi connectivity index (χ1) is 5.91. The normalized spacial score (nSPS) is 10.5. The van der Waals surface area contributed by atoms with E-state index in [1.165, 1.54) is 0 Å². The Kier molecular flexibility index (Phi) is 10.7. The molecule has 0 radical (unpaired) electrons. The summed E-state index contributed by atoms with van der Waals surface area (Å²) in [6.07, 6.45) is 0. The predicted molar refractivity (Wildman–Crippen MR) is 47.3 cm³/mol. The second-order valence-corrected chi connectivity index (χ2v) is 2.30. The van der Waals surface area contributed by atoms with E-state index in [1.54, 1.807) is 0 Å². The van der Waals surface area contributed by atoms with Crippen LogP contribution in [0, 0.1) is 0 Å². The largest absolute Gasteiger partial charge is 0.394 e. The lowest BCUT2D eigenvalue weighted by molar-refractivity contribution is 0.0341. The number of hydrogen-bond donors (Lipinski definition) is 2. The maximum atomic E-state index is 8.36. The second-order valence-electron chi connectivity index (χ2n) is 2.30. The van der Waals surface area contributed by atoms with Gasteiger partial charge in [-0.1, -0.05) is 6.92 Å². The molecule has 0 aliphatic carbocycles. The fourth-order valence-electron chi connectivity index (χ4n) is 0.708. The molecule has 0 fully saturated rings. The molecule has 0 amide bonds. The Morgan fingerprint density at radius 3 is 2.33 bits per heavy atom. The van der Waals surface area contributed by atoms with Crippen LogP contribution < -0.4 is 5.32 Å². The maximum absolute atomic E-state index is 8.36. The first kappa shape index (κ1) is 11.8. The highest BCUT2D eigenvalue weighted by atomic mass is 16.5. The molecule has 12 heavy (non-hydrogen) atoms. The van der Waals surface area contributed by atoms with E-state index in [0.29, 0.717) is 19.8 Å². The SMILES string of the molecule is CCNCCOCCOCCO. The standard InChI is InChI=1S/C8H19NO3/c1-2-9-3-5-11-7-8-12-6-4-10/h9-10H,2-8H2,1H3. The summed E-state index contributed by atoms with van der Waals surface area (Å²) in [6, 6.07) is 0. The van der Waals surface area contributed by atoms with E-state index in [1.807, 2.05) is 0 Å². The van der Waals surface area contributed by atoms with Crippen molar-refractivity contribution in [2.45, 2.75) is 6.92 Å². The minimum Gasteiger partial charge on any atom is -0.394 e. The molecule has 0 aliphatic heterocycles. The molecule has 0 unspecified atom stereocenters. The Bertz CT molecular complexity index is 70.7. The highest BCUT2D eigenvalue weighted by molar-refractivity contribution is 4.40. The number of ether oxygens (including phenoxy) is 2. The third-order valence-corrected chi connectivity index (χ3v) is 1.28. The van der Waals surface area contributed by atoms with Crippen molar-refractivity contribution in [1.29, 1.82) is 0 Å². The van der Waals surface area contributed by atoms with Crippen LogP contribution in [0.5, 0.6) is 0 Å². The van der Waals surface area contributed by atoms with E-state index >= 15 is 0 Å². The zero-order valence-corrected chi connectivity index (χ0v) is 7.71. The first-order valence-corrected chi connectivity index (χ1v) is 4.39. The molecule has 4 nitrogen and oxygen atoms in total. The summed E-state index contributed by atoms with van der Waals surface area (Å²) >= 11 is 0. The number of nitrogens with one attached hydrogen (secondary N) is 1. The summed E-state index contributed by atoms with van der Waals surface area (Å²) in [5.74, 6) is 0. The Morgan fingerprint density at radius 1 is 1.08 bits per heavy atom. The van der Waals surface area contributed by atoms with Crippen LogP contribution in [0.1, 0.15) is 6.92 Å². The second kappa shape index (κ2) is 10.8. The van der Waals surface area contributed by atoms with E-state index in [4.69, 9.17) is 14.6 Å². The van der Waals surface area contributed by atoms with E-state index in [9.17, 15) is 0 Å². The molecule has 0 spiro atoms. The Labute approximate surface area is 73.9 Å². The van der Waals surface area contributed by atoms with Gasteiger partial charge in [0.25, 0.3) is 0 Å². The van der Waals surface area contributed by atoms with Crippen molar-refractivity contribution >= 4 is 0 Å². The summed E-state index contributed by atoms with van der Waals surface area (Å²) in [5.41, 5.74) is 0. The maximum Gasteiger partial charge on any atom is 0.0701 e. The molecule has 0 rings (SSSR count). The van der Waals surface area contributed by atoms with Crippen molar-refractivity contribution in [1.82, 2.24) is 5.32 Å². The van der Waals surface area contributed by atoms with Crippen LogP contribution >= 0.6 is 0 Å². The minimum atomic E-state index is 0.0807. The van der Waals surface area contributed by atoms with Gasteiger partial charge in [-0.05, 0) is 6.54 Å². The van der Waals surface area contributed by atoms with Crippen LogP contribution in [0.3, 0.4) is 0 Å². The number of rotatable bonds is 9. The van der Waals surface area contributed by atoms with E-state index < -0.39 is 0 Å². The van der Waals surface area contributed by atoms with Crippen LogP contribution in [0.15, 0.2) is 0 Å². The van der Waals surface area contributed by atoms with Crippen molar-refractivity contribution < 1.29 is 14.6 Å². The Hall–Kier alpha value is -0.160. The highest BCUT2D eigenvalue weighted by Crippen LogP contribution is 1.77. The molecule has 0 aromatic rings. The summed E-state index contributed by atoms with van der Waals surface area (Å²) in [7, 11) is 0. The monoisotopic (exact) mass is 177 g/mol. The number of aliphatic hydroxyl groups excluding tert-OH is 1. The molecule has 0 saturated heterocycles. The molecule has 0 bridgehead atoms. The highest BCUT2D eigenvalue weighted by Gasteiger charge is 1.88. The van der Waals surface area contributed by atoms with Gasteiger partial charge < -0.3 is 19.9 Å². The molecule has 4 heteroatoms. The quantitative estimate of drug-likeness (QED) is 0.471. The van der Waals surface area contributed by atoms with Crippen molar-refractivity contribution in [3.8, 4) is 0 Å². The smallest absolute Gasteiger partial charge is 0.0701 e. The topological polar surface area (TPSA) is 50.7 Å². The molecule has 0 aromatic carbocycles. The fourth-order valence-corrected chi connectivity index (χ4v) is 0.708. The third kappa shape index (κ3) is 9.84. The Morgan fingerprint density at radius 2 is 1.75 bits per heavy atom. The van der Waals surface area contributed by atoms with Gasteiger partial charge >= 0.3 is 0 Å². The summed E-state index contributed by atoms with van der Waals surface area (Å²) < 4.78 is 10.2. The summed E-state index contributed by atoms with van der Waals surface area (Å²) in [4.78, 5) is 0. The molecule has 0 aromatic heterocycles. The number of aliphatic hydroxyl groups is 1. The lowest BCUT2D eigenvalue weighted by Crippen LogP contribution is -2.20. The molecule has 0 heterocycles. The van der Waals surface area contributed by atoms with Crippen molar-refractivity contribution in [2.75, 3.05) is 46.1 Å². The van der Waals surface area contributed by atoms with Gasteiger partial charge in [-0.15, -0.1) is 0 Å². The molecular formula is C8H19NO3. The summed E-state index contributed by atoms with van der Waals surface area (Å²) in [5, 5.41) is 11.5. The number of likely N-dealkylation sites (N-methyl/N-ethyl adjacent to an activating group) is 1. The van der Waals surface area contributed by atoms with Crippen molar-refractivity contribution in [3.05, 3.63) is 0 Å². The van der Waals surface area contributed by atoms with Gasteiger partial charge in [0.05, 0.1) is 33.0 Å². The van der Waals surface area contributed by atoms with E-state index in [2.05, 4.69) is 12.2 Å². The summed E-state index contributed by atoms with van der Waals surface area (Å²) in [6.45, 7) is 6.29. The van der Waals surface area contributed by atoms with E-state index in [0.717, 1.165) is 19.7 Å². The number of hydrogen-bond acceptors (Lipinski definition) is 4. The zero-order chi connectivity index (χ0) is 9.07. The lowest BCUT2D eigenvalue weighted by atomic mass is 10.6. The molecule has 74 valence electrons. The van der Waals surface area contributed by atoms with Crippen LogP contribution in [-0.4, -0.2) is 51.2 Å². The van der Waals surface area contributed by atoms with Gasteiger partial charge in [-0.3, -0.25) is 0 Å². The minimum absolute atomic E-state index is 0.0807. The van der Waals surface area contributed by atoms with Gasteiger partial charge in [0, 0.05) is 6.54 Å². The third-order valence-electron chi connectivity index (χ3n) is 1.28. The Balaban J connectivity index is 2.73. The van der Waals surface area contributed by atoms with Crippen LogP contribution in [-0.2, 0) is 9.47 Å². The van der Waals surface area contributed by atoms with Gasteiger partial charge in [0.15, 0.2) is 0 Å². The average molecular weight is 177 g/mol. The fraction of sp³-hybridized carbons (Fsp3) is 1.00. The molecular weight excluding hydrogens is 158 g/mol. The van der Waals surface area contributed by atoms with Gasteiger partial charge in [0.1, 0.15) is 0 Å². The molecule has 2 N–H and O–H groups in total. The van der Waals surface area contributed by atoms with Gasteiger partial charge in [0.2, 0.25) is 0 Å². The van der Waals surface area contributed by atoms with Gasteiger partial charge in [-0.2, -0.15) is 0 Å². The van der Waals surface area contributed by atoms with Gasteiger partial charge in [-0.25, -0.2) is 0 Å². The zero-order valence-electron chi connectivity index (χ0n) is 7.71. The van der Waals surface area contributed by atoms with Crippen LogP contribution in [0.4, 0.5) is 0 Å². The van der Waals surface area contributed by atoms with Crippen molar-refractivity contribution in [3.63, 3.8) is 0 Å². The lowest BCUT2D eigenvalue weighted by Gasteiger charge is -2.04. The van der Waals surface area contributed by atoms with E-state index in [-0.39, 0.29) is 6.61 Å². The van der Waals surface area contributed by atoms with Crippen LogP contribution in [0.2, 0.25) is 0 Å². The molecule has 0 saturated carbocycles. The molecule has 0 aliphatic rings. The first-order valence-electron chi connectivity index (χ1n) is 4.39. The average Bonchev–Trinajstić information content (AvgIpc) is 2.10. The predicted octanol–water partition coefficient (Wildman–Crippen LogP) is -0.379.